The number of rotatable bonds is 4. The average Bonchev–Trinajstić information content (AvgIpc) is 2.97. The molecule has 2 aromatic carbocycles. The number of ketones is 1. The van der Waals surface area contributed by atoms with E-state index >= 15 is 0 Å². The van der Waals surface area contributed by atoms with Crippen molar-refractivity contribution >= 4 is 34.6 Å². The van der Waals surface area contributed by atoms with E-state index in [0.29, 0.717) is 15.6 Å². The lowest BCUT2D eigenvalue weighted by Crippen LogP contribution is -2.22. The van der Waals surface area contributed by atoms with Crippen molar-refractivity contribution in [3.05, 3.63) is 74.6 Å². The van der Waals surface area contributed by atoms with Crippen LogP contribution in [0.15, 0.2) is 42.3 Å². The number of carbonyl (C=O) groups excluding carboxylic acids is 1. The molecule has 0 amide bonds. The van der Waals surface area contributed by atoms with Gasteiger partial charge in [-0.3, -0.25) is 4.79 Å². The summed E-state index contributed by atoms with van der Waals surface area (Å²) in [5, 5.41) is 3.44. The Morgan fingerprint density at radius 3 is 2.54 bits per heavy atom. The summed E-state index contributed by atoms with van der Waals surface area (Å²) in [6.07, 6.45) is -5.27. The minimum Gasteiger partial charge on any atom is -0.467 e. The number of alkyl halides is 3. The molecule has 1 aliphatic rings. The predicted molar refractivity (Wildman–Crippen MR) is 102 cm³/mol. The fourth-order valence-electron chi connectivity index (χ4n) is 3.10. The minimum atomic E-state index is -4.51. The normalized spacial score (nSPS) is 17.1. The lowest BCUT2D eigenvalue weighted by molar-refractivity contribution is -0.137. The molecular formula is C20H16Cl2F3NO2. The molecule has 28 heavy (non-hydrogen) atoms. The molecule has 0 spiro atoms. The van der Waals surface area contributed by atoms with Crippen molar-refractivity contribution in [2.45, 2.75) is 25.6 Å². The predicted octanol–water partition coefficient (Wildman–Crippen LogP) is 5.42. The molecule has 0 radical (unpaired) electrons. The molecule has 0 aromatic heterocycles. The Morgan fingerprint density at radius 1 is 1.18 bits per heavy atom. The third kappa shape index (κ3) is 3.84. The second-order valence-electron chi connectivity index (χ2n) is 6.36. The van der Waals surface area contributed by atoms with E-state index in [4.69, 9.17) is 27.9 Å². The number of hydrogen-bond donors (Lipinski definition) is 1. The highest BCUT2D eigenvalue weighted by Crippen LogP contribution is 2.36. The van der Waals surface area contributed by atoms with E-state index in [0.717, 1.165) is 17.7 Å². The lowest BCUT2D eigenvalue weighted by Gasteiger charge is -2.15. The molecule has 1 heterocycles. The molecule has 0 saturated heterocycles. The van der Waals surface area contributed by atoms with Crippen LogP contribution in [0.3, 0.4) is 0 Å². The smallest absolute Gasteiger partial charge is 0.416 e. The van der Waals surface area contributed by atoms with Crippen LogP contribution in [0.5, 0.6) is 0 Å². The number of hydrogen-bond acceptors (Lipinski definition) is 3. The first-order chi connectivity index (χ1) is 13.1. The van der Waals surface area contributed by atoms with E-state index in [-0.39, 0.29) is 23.4 Å². The molecule has 1 unspecified atom stereocenters. The standard InChI is InChI=1S/C20H16Cl2F3NO2/c1-10-6-7-14(21)17(22)13(10)9-15-18(27)16(19(26-2)28-15)11-4-3-5-12(8-11)20(23,24)25/h3-8,15,26H,9H2,1-2H3. The van der Waals surface area contributed by atoms with E-state index in [1.807, 2.05) is 6.92 Å². The topological polar surface area (TPSA) is 38.3 Å². The Labute approximate surface area is 170 Å². The summed E-state index contributed by atoms with van der Waals surface area (Å²) in [4.78, 5) is 13.0. The van der Waals surface area contributed by atoms with Crippen LogP contribution in [-0.2, 0) is 22.1 Å². The summed E-state index contributed by atoms with van der Waals surface area (Å²) in [5.41, 5.74) is 0.880. The highest BCUT2D eigenvalue weighted by atomic mass is 35.5. The minimum absolute atomic E-state index is 0.0782. The SMILES string of the molecule is CNC1=C(c2cccc(C(F)(F)F)c2)C(=O)C(Cc2c(C)ccc(Cl)c2Cl)O1. The molecular weight excluding hydrogens is 414 g/mol. The number of ether oxygens (including phenoxy) is 1. The van der Waals surface area contributed by atoms with Crippen molar-refractivity contribution in [1.29, 1.82) is 0 Å². The van der Waals surface area contributed by atoms with Crippen LogP contribution in [0, 0.1) is 6.92 Å². The fraction of sp³-hybridized carbons (Fsp3) is 0.250. The Kier molecular flexibility index (Phi) is 5.64. The van der Waals surface area contributed by atoms with Gasteiger partial charge in [-0.25, -0.2) is 0 Å². The number of halogens is 5. The largest absolute Gasteiger partial charge is 0.467 e. The van der Waals surface area contributed by atoms with Gasteiger partial charge in [0.25, 0.3) is 0 Å². The molecule has 1 N–H and O–H groups in total. The lowest BCUT2D eigenvalue weighted by atomic mass is 9.94. The number of benzene rings is 2. The van der Waals surface area contributed by atoms with E-state index in [1.165, 1.54) is 19.2 Å². The Balaban J connectivity index is 1.95. The summed E-state index contributed by atoms with van der Waals surface area (Å²) in [5.74, 6) is -0.288. The zero-order valence-electron chi connectivity index (χ0n) is 15.0. The third-order valence-corrected chi connectivity index (χ3v) is 5.39. The van der Waals surface area contributed by atoms with Gasteiger partial charge in [-0.05, 0) is 41.8 Å². The van der Waals surface area contributed by atoms with Crippen LogP contribution in [0.25, 0.3) is 5.57 Å². The summed E-state index contributed by atoms with van der Waals surface area (Å²) >= 11 is 12.3. The highest BCUT2D eigenvalue weighted by Gasteiger charge is 2.38. The van der Waals surface area contributed by atoms with Gasteiger partial charge in [0.05, 0.1) is 21.2 Å². The average molecular weight is 430 g/mol. The maximum absolute atomic E-state index is 13.0. The molecule has 3 rings (SSSR count). The van der Waals surface area contributed by atoms with Gasteiger partial charge in [0, 0.05) is 13.5 Å². The number of nitrogens with one attached hydrogen (secondary N) is 1. The molecule has 2 aromatic rings. The molecule has 0 aliphatic carbocycles. The van der Waals surface area contributed by atoms with E-state index in [2.05, 4.69) is 5.32 Å². The second-order valence-corrected chi connectivity index (χ2v) is 7.15. The third-order valence-electron chi connectivity index (χ3n) is 4.55. The van der Waals surface area contributed by atoms with Crippen molar-refractivity contribution in [1.82, 2.24) is 5.32 Å². The number of carbonyl (C=O) groups is 1. The van der Waals surface area contributed by atoms with Gasteiger partial charge in [0.1, 0.15) is 0 Å². The summed E-state index contributed by atoms with van der Waals surface area (Å²) in [6, 6.07) is 8.04. The first-order valence-electron chi connectivity index (χ1n) is 8.37. The van der Waals surface area contributed by atoms with Crippen LogP contribution >= 0.6 is 23.2 Å². The van der Waals surface area contributed by atoms with Crippen LogP contribution < -0.4 is 5.32 Å². The van der Waals surface area contributed by atoms with Gasteiger partial charge in [-0.15, -0.1) is 0 Å². The first-order valence-corrected chi connectivity index (χ1v) is 9.13. The van der Waals surface area contributed by atoms with Gasteiger partial charge in [-0.2, -0.15) is 13.2 Å². The number of Topliss-reactive ketones (excluding diaryl/α,β-unsaturated/α-hetero) is 1. The molecule has 8 heteroatoms. The van der Waals surface area contributed by atoms with Crippen LogP contribution in [0.1, 0.15) is 22.3 Å². The van der Waals surface area contributed by atoms with Crippen LogP contribution in [-0.4, -0.2) is 18.9 Å². The summed E-state index contributed by atoms with van der Waals surface area (Å²) in [7, 11) is 1.54. The maximum Gasteiger partial charge on any atom is 0.416 e. The Hall–Kier alpha value is -2.18. The monoisotopic (exact) mass is 429 g/mol. The van der Waals surface area contributed by atoms with Crippen LogP contribution in [0.4, 0.5) is 13.2 Å². The van der Waals surface area contributed by atoms with E-state index < -0.39 is 23.6 Å². The van der Waals surface area contributed by atoms with Gasteiger partial charge in [0.15, 0.2) is 12.0 Å². The van der Waals surface area contributed by atoms with Gasteiger partial charge in [0.2, 0.25) is 5.78 Å². The molecule has 0 bridgehead atoms. The molecule has 1 aliphatic heterocycles. The van der Waals surface area contributed by atoms with Crippen molar-refractivity contribution in [2.75, 3.05) is 7.05 Å². The van der Waals surface area contributed by atoms with Crippen molar-refractivity contribution in [2.24, 2.45) is 0 Å². The van der Waals surface area contributed by atoms with Crippen LogP contribution in [0.2, 0.25) is 10.0 Å². The molecule has 3 nitrogen and oxygen atoms in total. The zero-order valence-corrected chi connectivity index (χ0v) is 16.5. The summed E-state index contributed by atoms with van der Waals surface area (Å²) in [6.45, 7) is 1.83. The quantitative estimate of drug-likeness (QED) is 0.704. The zero-order chi connectivity index (χ0) is 20.6. The van der Waals surface area contributed by atoms with Crippen molar-refractivity contribution in [3.63, 3.8) is 0 Å². The van der Waals surface area contributed by atoms with E-state index in [1.54, 1.807) is 12.1 Å². The Bertz CT molecular complexity index is 970. The molecule has 0 fully saturated rings. The molecule has 148 valence electrons. The second kappa shape index (κ2) is 7.68. The first kappa shape index (κ1) is 20.6. The highest BCUT2D eigenvalue weighted by molar-refractivity contribution is 6.42. The van der Waals surface area contributed by atoms with Gasteiger partial charge < -0.3 is 10.1 Å². The fourth-order valence-corrected chi connectivity index (χ4v) is 3.56. The Morgan fingerprint density at radius 2 is 1.89 bits per heavy atom. The van der Waals surface area contributed by atoms with E-state index in [9.17, 15) is 18.0 Å². The van der Waals surface area contributed by atoms with Crippen molar-refractivity contribution < 1.29 is 22.7 Å². The van der Waals surface area contributed by atoms with Crippen molar-refractivity contribution in [3.8, 4) is 0 Å². The molecule has 1 atom stereocenters. The maximum atomic E-state index is 13.0. The van der Waals surface area contributed by atoms with Gasteiger partial charge >= 0.3 is 6.18 Å². The molecule has 0 saturated carbocycles. The van der Waals surface area contributed by atoms with Gasteiger partial charge in [-0.1, -0.05) is 41.4 Å². The summed E-state index contributed by atoms with van der Waals surface area (Å²) < 4.78 is 44.8. The number of aryl methyl sites for hydroxylation is 1.